The van der Waals surface area contributed by atoms with Crippen LogP contribution >= 0.6 is 23.4 Å². The number of carbonyl (C=O) groups excluding carboxylic acids is 2. The van der Waals surface area contributed by atoms with Crippen molar-refractivity contribution in [3.63, 3.8) is 0 Å². The predicted octanol–water partition coefficient (Wildman–Crippen LogP) is 2.69. The maximum absolute atomic E-state index is 12.6. The molecule has 3 aromatic rings. The Bertz CT molecular complexity index is 1450. The van der Waals surface area contributed by atoms with Crippen molar-refractivity contribution in [1.29, 1.82) is 0 Å². The molecule has 0 bridgehead atoms. The van der Waals surface area contributed by atoms with Crippen LogP contribution in [0, 0.1) is 0 Å². The van der Waals surface area contributed by atoms with E-state index in [2.05, 4.69) is 25.6 Å². The average molecular weight is 528 g/mol. The van der Waals surface area contributed by atoms with E-state index in [9.17, 15) is 24.3 Å². The number of rotatable bonds is 7. The van der Waals surface area contributed by atoms with Gasteiger partial charge in [-0.15, -0.1) is 0 Å². The normalized spacial score (nSPS) is 17.1. The van der Waals surface area contributed by atoms with Crippen molar-refractivity contribution in [3.8, 4) is 5.88 Å². The van der Waals surface area contributed by atoms with E-state index in [0.717, 1.165) is 23.7 Å². The number of aromatic nitrogens is 2. The van der Waals surface area contributed by atoms with Crippen LogP contribution in [0.5, 0.6) is 5.88 Å². The second-order valence-electron chi connectivity index (χ2n) is 7.96. The van der Waals surface area contributed by atoms with E-state index in [1.54, 1.807) is 36.4 Å². The van der Waals surface area contributed by atoms with Crippen molar-refractivity contribution >= 4 is 46.0 Å². The van der Waals surface area contributed by atoms with Crippen molar-refractivity contribution < 1.29 is 14.7 Å². The maximum atomic E-state index is 12.6. The molecule has 5 N–H and O–H groups in total. The maximum Gasteiger partial charge on any atom is 0.328 e. The number of H-pyrrole nitrogens is 2. The third kappa shape index (κ3) is 5.86. The fraction of sp³-hybridized carbons (Fsp3) is 0.208. The second kappa shape index (κ2) is 10.8. The number of aromatic hydroxyl groups is 1. The minimum absolute atomic E-state index is 0.123. The molecule has 0 aliphatic carbocycles. The number of hydrogen-bond donors (Lipinski definition) is 5. The molecule has 1 aliphatic rings. The Kier molecular flexibility index (Phi) is 7.61. The molecule has 2 heterocycles. The molecule has 10 nitrogen and oxygen atoms in total. The van der Waals surface area contributed by atoms with Gasteiger partial charge in [0.15, 0.2) is 5.17 Å². The van der Waals surface area contributed by atoms with Crippen molar-refractivity contribution in [3.05, 3.63) is 91.1 Å². The average Bonchev–Trinajstić information content (AvgIpc) is 3.16. The minimum Gasteiger partial charge on any atom is -0.494 e. The summed E-state index contributed by atoms with van der Waals surface area (Å²) in [6.45, 7) is 2.00. The van der Waals surface area contributed by atoms with E-state index < -0.39 is 34.3 Å². The molecule has 0 saturated carbocycles. The summed E-state index contributed by atoms with van der Waals surface area (Å²) < 4.78 is 0. The molecule has 2 amide bonds. The molecule has 2 aromatic carbocycles. The first kappa shape index (κ1) is 25.3. The summed E-state index contributed by atoms with van der Waals surface area (Å²) in [5.74, 6) is -1.42. The van der Waals surface area contributed by atoms with Gasteiger partial charge in [-0.3, -0.25) is 24.4 Å². The zero-order valence-electron chi connectivity index (χ0n) is 19.0. The Balaban J connectivity index is 1.60. The Labute approximate surface area is 214 Å². The Morgan fingerprint density at radius 2 is 1.92 bits per heavy atom. The first-order valence-corrected chi connectivity index (χ1v) is 12.2. The quantitative estimate of drug-likeness (QED) is 0.318. The molecule has 0 radical (unpaired) electrons. The third-order valence-electron chi connectivity index (χ3n) is 5.44. The third-order valence-corrected chi connectivity index (χ3v) is 6.77. The number of amides is 2. The molecule has 1 aromatic heterocycles. The summed E-state index contributed by atoms with van der Waals surface area (Å²) in [4.78, 5) is 58.0. The van der Waals surface area contributed by atoms with Crippen LogP contribution in [-0.4, -0.2) is 37.3 Å². The van der Waals surface area contributed by atoms with Gasteiger partial charge in [0.25, 0.3) is 5.56 Å². The molecule has 2 atom stereocenters. The van der Waals surface area contributed by atoms with E-state index in [0.29, 0.717) is 16.3 Å². The van der Waals surface area contributed by atoms with Crippen LogP contribution in [0.2, 0.25) is 5.02 Å². The molecular formula is C24H22ClN5O5S. The lowest BCUT2D eigenvalue weighted by Gasteiger charge is -2.15. The molecule has 12 heteroatoms. The fourth-order valence-electron chi connectivity index (χ4n) is 3.64. The Morgan fingerprint density at radius 1 is 1.17 bits per heavy atom. The van der Waals surface area contributed by atoms with Gasteiger partial charge < -0.3 is 15.7 Å². The summed E-state index contributed by atoms with van der Waals surface area (Å²) in [7, 11) is 0. The van der Waals surface area contributed by atoms with Crippen molar-refractivity contribution in [1.82, 2.24) is 15.3 Å². The highest BCUT2D eigenvalue weighted by Crippen LogP contribution is 2.32. The van der Waals surface area contributed by atoms with Gasteiger partial charge in [-0.25, -0.2) is 9.79 Å². The number of nitrogens with one attached hydrogen (secondary N) is 4. The number of anilines is 1. The highest BCUT2D eigenvalue weighted by atomic mass is 35.5. The van der Waals surface area contributed by atoms with Crippen LogP contribution in [0.25, 0.3) is 0 Å². The highest BCUT2D eigenvalue weighted by Gasteiger charge is 2.33. The van der Waals surface area contributed by atoms with Crippen molar-refractivity contribution in [2.75, 3.05) is 5.32 Å². The number of aromatic amines is 2. The number of halogens is 1. The van der Waals surface area contributed by atoms with Gasteiger partial charge in [-0.1, -0.05) is 60.6 Å². The second-order valence-corrected chi connectivity index (χ2v) is 9.59. The molecule has 0 unspecified atom stereocenters. The zero-order chi connectivity index (χ0) is 25.8. The first-order valence-electron chi connectivity index (χ1n) is 11.0. The van der Waals surface area contributed by atoms with Crippen LogP contribution in [0.1, 0.15) is 36.1 Å². The number of hydrogen-bond acceptors (Lipinski definition) is 7. The van der Waals surface area contributed by atoms with Gasteiger partial charge >= 0.3 is 5.69 Å². The largest absolute Gasteiger partial charge is 0.494 e. The van der Waals surface area contributed by atoms with Crippen LogP contribution < -0.4 is 21.9 Å². The number of amidine groups is 1. The summed E-state index contributed by atoms with van der Waals surface area (Å²) in [6, 6.07) is 12.9. The van der Waals surface area contributed by atoms with E-state index in [1.165, 1.54) is 0 Å². The number of aliphatic imine (C=N–C) groups is 1. The van der Waals surface area contributed by atoms with E-state index in [-0.39, 0.29) is 23.1 Å². The Morgan fingerprint density at radius 3 is 2.58 bits per heavy atom. The lowest BCUT2D eigenvalue weighted by Crippen LogP contribution is -2.29. The summed E-state index contributed by atoms with van der Waals surface area (Å²) >= 11 is 6.98. The minimum atomic E-state index is -1.03. The monoisotopic (exact) mass is 527 g/mol. The van der Waals surface area contributed by atoms with E-state index in [4.69, 9.17) is 11.6 Å². The van der Waals surface area contributed by atoms with Gasteiger partial charge in [0, 0.05) is 17.1 Å². The van der Waals surface area contributed by atoms with Crippen LogP contribution in [0.4, 0.5) is 5.69 Å². The van der Waals surface area contributed by atoms with Crippen LogP contribution in [0.3, 0.4) is 0 Å². The summed E-state index contributed by atoms with van der Waals surface area (Å²) in [5, 5.41) is 15.6. The van der Waals surface area contributed by atoms with Crippen molar-refractivity contribution in [2.24, 2.45) is 4.99 Å². The van der Waals surface area contributed by atoms with Gasteiger partial charge in [0.05, 0.1) is 0 Å². The molecule has 4 rings (SSSR count). The lowest BCUT2D eigenvalue weighted by atomic mass is 9.99. The molecule has 1 fully saturated rings. The van der Waals surface area contributed by atoms with Gasteiger partial charge in [0.2, 0.25) is 17.7 Å². The van der Waals surface area contributed by atoms with Gasteiger partial charge in [0.1, 0.15) is 16.9 Å². The standard InChI is InChI=1S/C24H22ClN5O5S/c1-2-12-6-8-13(9-7-12)19(18-21(33)28-23(35)29-22(18)34)27-24-30-20(32)16(36-24)11-17(31)26-15-5-3-4-14(25)10-15/h3-10,16,19H,2,11H2,1H3,(H,26,31)(H,27,30,32)(H3,28,29,33,34,35)/t16-,19+/m1/s1. The molecular weight excluding hydrogens is 506 g/mol. The number of nitrogens with zero attached hydrogens (tertiary/aromatic N) is 1. The SMILES string of the molecule is CCc1ccc([C@H](N=C2NC(=O)[C@@H](CC(=O)Nc3cccc(Cl)c3)S2)c2c(O)[nH]c(=O)[nH]c2=O)cc1. The number of benzene rings is 2. The predicted molar refractivity (Wildman–Crippen MR) is 139 cm³/mol. The molecule has 186 valence electrons. The van der Waals surface area contributed by atoms with Crippen molar-refractivity contribution in [2.45, 2.75) is 31.1 Å². The summed E-state index contributed by atoms with van der Waals surface area (Å²) in [6.07, 6.45) is 0.678. The molecule has 0 spiro atoms. The number of thioether (sulfide) groups is 1. The zero-order valence-corrected chi connectivity index (χ0v) is 20.6. The molecule has 36 heavy (non-hydrogen) atoms. The smallest absolute Gasteiger partial charge is 0.328 e. The molecule has 1 saturated heterocycles. The Hall–Kier alpha value is -3.83. The summed E-state index contributed by atoms with van der Waals surface area (Å²) in [5.41, 5.74) is 0.278. The highest BCUT2D eigenvalue weighted by molar-refractivity contribution is 8.15. The first-order chi connectivity index (χ1) is 17.2. The van der Waals surface area contributed by atoms with Crippen LogP contribution in [-0.2, 0) is 16.0 Å². The van der Waals surface area contributed by atoms with Gasteiger partial charge in [-0.05, 0) is 35.7 Å². The fourth-order valence-corrected chi connectivity index (χ4v) is 4.83. The van der Waals surface area contributed by atoms with Crippen LogP contribution in [0.15, 0.2) is 63.1 Å². The topological polar surface area (TPSA) is 157 Å². The van der Waals surface area contributed by atoms with E-state index in [1.807, 2.05) is 19.1 Å². The van der Waals surface area contributed by atoms with E-state index >= 15 is 0 Å². The number of carbonyl (C=O) groups is 2. The molecule has 1 aliphatic heterocycles. The number of aryl methyl sites for hydroxylation is 1. The lowest BCUT2D eigenvalue weighted by molar-refractivity contribution is -0.122. The van der Waals surface area contributed by atoms with Gasteiger partial charge in [-0.2, -0.15) is 0 Å².